The van der Waals surface area contributed by atoms with Crippen LogP contribution in [0.5, 0.6) is 0 Å². The van der Waals surface area contributed by atoms with Gasteiger partial charge in [-0.25, -0.2) is 4.79 Å². The molecule has 0 aromatic heterocycles. The van der Waals surface area contributed by atoms with E-state index < -0.39 is 5.97 Å². The highest BCUT2D eigenvalue weighted by atomic mass is 16.5. The normalized spacial score (nSPS) is 11.5. The van der Waals surface area contributed by atoms with Crippen LogP contribution < -0.4 is 5.32 Å². The van der Waals surface area contributed by atoms with Crippen LogP contribution in [0.1, 0.15) is 29.8 Å². The van der Waals surface area contributed by atoms with E-state index in [0.717, 1.165) is 5.56 Å². The first-order chi connectivity index (χ1) is 7.96. The van der Waals surface area contributed by atoms with Gasteiger partial charge in [-0.2, -0.15) is 0 Å². The number of carbonyl (C=O) groups is 1. The van der Waals surface area contributed by atoms with Gasteiger partial charge >= 0.3 is 5.97 Å². The Hall–Kier alpha value is -1.39. The molecule has 4 nitrogen and oxygen atoms in total. The summed E-state index contributed by atoms with van der Waals surface area (Å²) in [5.41, 5.74) is 0.875. The molecule has 0 amide bonds. The molecular weight excluding hydrogens is 218 g/mol. The fourth-order valence-corrected chi connectivity index (χ4v) is 1.45. The molecule has 0 aliphatic carbocycles. The standard InChI is InChI=1S/C13H19NO3/c1-13(2,17-3)9-14-8-10-6-4-5-7-11(10)12(15)16/h4-7,14H,8-9H2,1-3H3,(H,15,16). The number of carboxylic acids is 1. The summed E-state index contributed by atoms with van der Waals surface area (Å²) < 4.78 is 5.27. The van der Waals surface area contributed by atoms with Crippen molar-refractivity contribution in [2.24, 2.45) is 0 Å². The van der Waals surface area contributed by atoms with Gasteiger partial charge in [-0.3, -0.25) is 0 Å². The molecule has 0 atom stereocenters. The van der Waals surface area contributed by atoms with E-state index in [1.165, 1.54) is 0 Å². The van der Waals surface area contributed by atoms with Crippen molar-refractivity contribution in [3.63, 3.8) is 0 Å². The van der Waals surface area contributed by atoms with Gasteiger partial charge < -0.3 is 15.2 Å². The van der Waals surface area contributed by atoms with E-state index in [4.69, 9.17) is 9.84 Å². The third-order valence-electron chi connectivity index (χ3n) is 2.67. The Morgan fingerprint density at radius 1 is 1.41 bits per heavy atom. The van der Waals surface area contributed by atoms with E-state index in [-0.39, 0.29) is 5.60 Å². The summed E-state index contributed by atoms with van der Waals surface area (Å²) in [7, 11) is 1.66. The molecule has 94 valence electrons. The molecule has 1 aromatic carbocycles. The minimum absolute atomic E-state index is 0.252. The first kappa shape index (κ1) is 13.7. The van der Waals surface area contributed by atoms with Crippen molar-refractivity contribution < 1.29 is 14.6 Å². The predicted molar refractivity (Wildman–Crippen MR) is 66.2 cm³/mol. The average molecular weight is 237 g/mol. The van der Waals surface area contributed by atoms with Crippen LogP contribution in [0, 0.1) is 0 Å². The molecule has 1 aromatic rings. The van der Waals surface area contributed by atoms with Gasteiger partial charge in [0.25, 0.3) is 0 Å². The summed E-state index contributed by atoms with van der Waals surface area (Å²) in [6, 6.07) is 6.99. The number of methoxy groups -OCH3 is 1. The average Bonchev–Trinajstić information content (AvgIpc) is 2.29. The van der Waals surface area contributed by atoms with Crippen LogP contribution in [0.4, 0.5) is 0 Å². The Kier molecular flexibility index (Phi) is 4.66. The van der Waals surface area contributed by atoms with Crippen LogP contribution in [-0.2, 0) is 11.3 Å². The van der Waals surface area contributed by atoms with E-state index in [1.54, 1.807) is 19.2 Å². The maximum atomic E-state index is 11.0. The second-order valence-electron chi connectivity index (χ2n) is 4.53. The summed E-state index contributed by atoms with van der Waals surface area (Å²) in [5, 5.41) is 12.2. The highest BCUT2D eigenvalue weighted by Gasteiger charge is 2.16. The minimum atomic E-state index is -0.895. The van der Waals surface area contributed by atoms with E-state index in [2.05, 4.69) is 5.32 Å². The largest absolute Gasteiger partial charge is 0.478 e. The van der Waals surface area contributed by atoms with Crippen LogP contribution in [-0.4, -0.2) is 30.3 Å². The number of carboxylic acid groups (broad SMARTS) is 1. The maximum Gasteiger partial charge on any atom is 0.336 e. The molecule has 2 N–H and O–H groups in total. The van der Waals surface area contributed by atoms with Crippen molar-refractivity contribution in [3.8, 4) is 0 Å². The zero-order chi connectivity index (χ0) is 12.9. The lowest BCUT2D eigenvalue weighted by atomic mass is 10.1. The lowest BCUT2D eigenvalue weighted by molar-refractivity contribution is 0.0230. The van der Waals surface area contributed by atoms with Gasteiger partial charge in [0, 0.05) is 20.2 Å². The predicted octanol–water partition coefficient (Wildman–Crippen LogP) is 1.90. The lowest BCUT2D eigenvalue weighted by Gasteiger charge is -2.23. The van der Waals surface area contributed by atoms with Crippen molar-refractivity contribution in [2.75, 3.05) is 13.7 Å². The van der Waals surface area contributed by atoms with Gasteiger partial charge in [0.1, 0.15) is 0 Å². The Balaban J connectivity index is 2.61. The number of nitrogens with one attached hydrogen (secondary N) is 1. The Labute approximate surface area is 102 Å². The van der Waals surface area contributed by atoms with Gasteiger partial charge in [0.15, 0.2) is 0 Å². The smallest absolute Gasteiger partial charge is 0.336 e. The van der Waals surface area contributed by atoms with E-state index >= 15 is 0 Å². The van der Waals surface area contributed by atoms with Crippen molar-refractivity contribution in [1.29, 1.82) is 0 Å². The maximum absolute atomic E-state index is 11.0. The molecule has 0 fully saturated rings. The number of benzene rings is 1. The van der Waals surface area contributed by atoms with Gasteiger partial charge in [0.2, 0.25) is 0 Å². The second-order valence-corrected chi connectivity index (χ2v) is 4.53. The van der Waals surface area contributed by atoms with E-state index in [9.17, 15) is 4.79 Å². The molecule has 0 spiro atoms. The van der Waals surface area contributed by atoms with Crippen LogP contribution in [0.25, 0.3) is 0 Å². The minimum Gasteiger partial charge on any atom is -0.478 e. The first-order valence-corrected chi connectivity index (χ1v) is 5.53. The molecule has 0 bridgehead atoms. The van der Waals surface area contributed by atoms with Crippen molar-refractivity contribution >= 4 is 5.97 Å². The summed E-state index contributed by atoms with van der Waals surface area (Å²) >= 11 is 0. The lowest BCUT2D eigenvalue weighted by Crippen LogP contribution is -2.36. The Bertz CT molecular complexity index is 388. The third kappa shape index (κ3) is 4.17. The molecule has 0 saturated heterocycles. The van der Waals surface area contributed by atoms with Crippen LogP contribution >= 0.6 is 0 Å². The molecular formula is C13H19NO3. The van der Waals surface area contributed by atoms with Gasteiger partial charge in [-0.15, -0.1) is 0 Å². The number of rotatable bonds is 6. The topological polar surface area (TPSA) is 58.6 Å². The zero-order valence-electron chi connectivity index (χ0n) is 10.5. The molecule has 0 saturated carbocycles. The highest BCUT2D eigenvalue weighted by Crippen LogP contribution is 2.10. The van der Waals surface area contributed by atoms with Crippen LogP contribution in [0.15, 0.2) is 24.3 Å². The van der Waals surface area contributed by atoms with Gasteiger partial charge in [-0.05, 0) is 25.5 Å². The highest BCUT2D eigenvalue weighted by molar-refractivity contribution is 5.89. The Morgan fingerprint density at radius 3 is 2.65 bits per heavy atom. The quantitative estimate of drug-likeness (QED) is 0.793. The van der Waals surface area contributed by atoms with Crippen molar-refractivity contribution in [2.45, 2.75) is 26.0 Å². The number of hydrogen-bond donors (Lipinski definition) is 2. The monoisotopic (exact) mass is 237 g/mol. The van der Waals surface area contributed by atoms with Crippen molar-refractivity contribution in [3.05, 3.63) is 35.4 Å². The zero-order valence-corrected chi connectivity index (χ0v) is 10.5. The molecule has 0 aliphatic rings. The fraction of sp³-hybridized carbons (Fsp3) is 0.462. The third-order valence-corrected chi connectivity index (χ3v) is 2.67. The molecule has 0 heterocycles. The molecule has 17 heavy (non-hydrogen) atoms. The van der Waals surface area contributed by atoms with Crippen LogP contribution in [0.2, 0.25) is 0 Å². The molecule has 0 unspecified atom stereocenters. The fourth-order valence-electron chi connectivity index (χ4n) is 1.45. The molecule has 4 heteroatoms. The SMILES string of the molecule is COC(C)(C)CNCc1ccccc1C(=O)O. The summed E-state index contributed by atoms with van der Waals surface area (Å²) in [5.74, 6) is -0.895. The van der Waals surface area contributed by atoms with Gasteiger partial charge in [-0.1, -0.05) is 18.2 Å². The van der Waals surface area contributed by atoms with Crippen LogP contribution in [0.3, 0.4) is 0 Å². The summed E-state index contributed by atoms with van der Waals surface area (Å²) in [4.78, 5) is 11.0. The molecule has 0 radical (unpaired) electrons. The first-order valence-electron chi connectivity index (χ1n) is 5.53. The number of ether oxygens (including phenoxy) is 1. The van der Waals surface area contributed by atoms with E-state index in [0.29, 0.717) is 18.7 Å². The number of aromatic carboxylic acids is 1. The van der Waals surface area contributed by atoms with Crippen molar-refractivity contribution in [1.82, 2.24) is 5.32 Å². The molecule has 1 rings (SSSR count). The summed E-state index contributed by atoms with van der Waals surface area (Å²) in [6.07, 6.45) is 0. The second kappa shape index (κ2) is 5.80. The summed E-state index contributed by atoms with van der Waals surface area (Å²) in [6.45, 7) is 5.14. The van der Waals surface area contributed by atoms with Gasteiger partial charge in [0.05, 0.1) is 11.2 Å². The number of hydrogen-bond acceptors (Lipinski definition) is 3. The van der Waals surface area contributed by atoms with E-state index in [1.807, 2.05) is 26.0 Å². The Morgan fingerprint density at radius 2 is 2.06 bits per heavy atom. The molecule has 0 aliphatic heterocycles.